The Hall–Kier alpha value is -1.51. The number of ether oxygens (including phenoxy) is 1. The zero-order chi connectivity index (χ0) is 15.5. The highest BCUT2D eigenvalue weighted by atomic mass is 16.5. The van der Waals surface area contributed by atoms with E-state index in [4.69, 9.17) is 4.74 Å². The molecule has 3 nitrogen and oxygen atoms in total. The molecule has 0 aliphatic carbocycles. The van der Waals surface area contributed by atoms with Gasteiger partial charge in [-0.2, -0.15) is 0 Å². The van der Waals surface area contributed by atoms with Gasteiger partial charge < -0.3 is 9.64 Å². The van der Waals surface area contributed by atoms with Gasteiger partial charge >= 0.3 is 0 Å². The monoisotopic (exact) mass is 289 g/mol. The maximum Gasteiger partial charge on any atom is 0.227 e. The van der Waals surface area contributed by atoms with Crippen molar-refractivity contribution in [3.8, 4) is 5.75 Å². The second-order valence-corrected chi connectivity index (χ2v) is 6.97. The first-order valence-electron chi connectivity index (χ1n) is 7.85. The summed E-state index contributed by atoms with van der Waals surface area (Å²) in [5.41, 5.74) is 1.01. The summed E-state index contributed by atoms with van der Waals surface area (Å²) >= 11 is 0. The van der Waals surface area contributed by atoms with Gasteiger partial charge in [0, 0.05) is 24.4 Å². The van der Waals surface area contributed by atoms with E-state index in [9.17, 15) is 4.79 Å². The molecule has 0 N–H and O–H groups in total. The summed E-state index contributed by atoms with van der Waals surface area (Å²) < 4.78 is 5.22. The lowest BCUT2D eigenvalue weighted by Gasteiger charge is -2.30. The third kappa shape index (κ3) is 3.99. The Morgan fingerprint density at radius 1 is 1.19 bits per heavy atom. The number of hydrogen-bond acceptors (Lipinski definition) is 2. The molecule has 0 radical (unpaired) electrons. The number of carbonyl (C=O) groups is 1. The van der Waals surface area contributed by atoms with Gasteiger partial charge in [0.15, 0.2) is 0 Å². The van der Waals surface area contributed by atoms with Crippen LogP contribution in [0.2, 0.25) is 0 Å². The number of nitrogens with zero attached hydrogens (tertiary/aromatic N) is 1. The Labute approximate surface area is 128 Å². The van der Waals surface area contributed by atoms with Gasteiger partial charge in [0.1, 0.15) is 5.75 Å². The van der Waals surface area contributed by atoms with Crippen molar-refractivity contribution in [3.63, 3.8) is 0 Å². The molecule has 21 heavy (non-hydrogen) atoms. The van der Waals surface area contributed by atoms with Crippen LogP contribution in [0.1, 0.15) is 51.5 Å². The molecule has 0 bridgehead atoms. The average Bonchev–Trinajstić information content (AvgIpc) is 2.71. The third-order valence-corrected chi connectivity index (χ3v) is 4.19. The first-order valence-corrected chi connectivity index (χ1v) is 7.85. The molecule has 2 rings (SSSR count). The van der Waals surface area contributed by atoms with Crippen molar-refractivity contribution in [1.82, 2.24) is 4.90 Å². The molecule has 1 unspecified atom stereocenters. The third-order valence-electron chi connectivity index (χ3n) is 4.19. The van der Waals surface area contributed by atoms with Crippen LogP contribution >= 0.6 is 0 Å². The summed E-state index contributed by atoms with van der Waals surface area (Å²) in [6.07, 6.45) is 3.44. The maximum absolute atomic E-state index is 12.6. The zero-order valence-electron chi connectivity index (χ0n) is 13.7. The molecule has 0 spiro atoms. The van der Waals surface area contributed by atoms with E-state index in [0.717, 1.165) is 31.7 Å². The van der Waals surface area contributed by atoms with Crippen LogP contribution in [0.4, 0.5) is 0 Å². The molecule has 1 aliphatic heterocycles. The molecular formula is C18H27NO2. The maximum atomic E-state index is 12.6. The van der Waals surface area contributed by atoms with Gasteiger partial charge in [-0.1, -0.05) is 39.3 Å². The smallest absolute Gasteiger partial charge is 0.227 e. The van der Waals surface area contributed by atoms with E-state index in [1.54, 1.807) is 7.11 Å². The summed E-state index contributed by atoms with van der Waals surface area (Å²) in [6.45, 7) is 7.74. The Kier molecular flexibility index (Phi) is 4.92. The number of likely N-dealkylation sites (tertiary alicyclic amines) is 1. The fourth-order valence-corrected chi connectivity index (χ4v) is 2.95. The molecule has 1 atom stereocenters. The lowest BCUT2D eigenvalue weighted by molar-refractivity contribution is -0.139. The second-order valence-electron chi connectivity index (χ2n) is 6.97. The molecule has 0 saturated carbocycles. The summed E-state index contributed by atoms with van der Waals surface area (Å²) in [5, 5.41) is 0. The first kappa shape index (κ1) is 15.9. The van der Waals surface area contributed by atoms with E-state index in [2.05, 4.69) is 17.0 Å². The van der Waals surface area contributed by atoms with Gasteiger partial charge in [-0.15, -0.1) is 0 Å². The lowest BCUT2D eigenvalue weighted by Crippen LogP contribution is -2.41. The number of benzene rings is 1. The topological polar surface area (TPSA) is 29.5 Å². The van der Waals surface area contributed by atoms with Gasteiger partial charge in [0.2, 0.25) is 5.91 Å². The predicted octanol–water partition coefficient (Wildman–Crippen LogP) is 3.84. The highest BCUT2D eigenvalue weighted by molar-refractivity contribution is 5.81. The summed E-state index contributed by atoms with van der Waals surface area (Å²) in [6, 6.07) is 8.29. The van der Waals surface area contributed by atoms with Crippen molar-refractivity contribution in [2.24, 2.45) is 5.41 Å². The SMILES string of the molecule is COc1ccc(C2CCCCN(C(=O)C(C)(C)C)C2)cc1. The highest BCUT2D eigenvalue weighted by Gasteiger charge is 2.30. The number of rotatable bonds is 2. The van der Waals surface area contributed by atoms with Crippen molar-refractivity contribution >= 4 is 5.91 Å². The summed E-state index contributed by atoms with van der Waals surface area (Å²) in [7, 11) is 1.68. The normalized spacial score (nSPS) is 20.0. The minimum atomic E-state index is -0.297. The van der Waals surface area contributed by atoms with Crippen LogP contribution in [0, 0.1) is 5.41 Å². The Morgan fingerprint density at radius 2 is 1.86 bits per heavy atom. The van der Waals surface area contributed by atoms with Crippen molar-refractivity contribution in [2.45, 2.75) is 46.0 Å². The fraction of sp³-hybridized carbons (Fsp3) is 0.611. The number of amides is 1. The Balaban J connectivity index is 2.13. The first-order chi connectivity index (χ1) is 9.91. The Morgan fingerprint density at radius 3 is 2.43 bits per heavy atom. The molecule has 116 valence electrons. The lowest BCUT2D eigenvalue weighted by atomic mass is 9.92. The molecule has 1 aromatic carbocycles. The van der Waals surface area contributed by atoms with Gasteiger partial charge in [0.25, 0.3) is 0 Å². The van der Waals surface area contributed by atoms with Crippen molar-refractivity contribution in [2.75, 3.05) is 20.2 Å². The van der Waals surface area contributed by atoms with Crippen molar-refractivity contribution in [3.05, 3.63) is 29.8 Å². The molecule has 3 heteroatoms. The molecule has 1 heterocycles. The number of carbonyl (C=O) groups excluding carboxylic acids is 1. The summed E-state index contributed by atoms with van der Waals surface area (Å²) in [4.78, 5) is 14.6. The molecule has 1 fully saturated rings. The standard InChI is InChI=1S/C18H27NO2/c1-18(2,3)17(20)19-12-6-5-7-15(13-19)14-8-10-16(21-4)11-9-14/h8-11,15H,5-7,12-13H2,1-4H3. The summed E-state index contributed by atoms with van der Waals surface area (Å²) in [5.74, 6) is 1.59. The largest absolute Gasteiger partial charge is 0.497 e. The van der Waals surface area contributed by atoms with Crippen LogP contribution in [0.15, 0.2) is 24.3 Å². The zero-order valence-corrected chi connectivity index (χ0v) is 13.7. The minimum Gasteiger partial charge on any atom is -0.497 e. The van der Waals surface area contributed by atoms with E-state index in [1.165, 1.54) is 12.0 Å². The van der Waals surface area contributed by atoms with Crippen LogP contribution in [0.3, 0.4) is 0 Å². The molecule has 1 aromatic rings. The van der Waals surface area contributed by atoms with Gasteiger partial charge in [-0.25, -0.2) is 0 Å². The predicted molar refractivity (Wildman–Crippen MR) is 85.6 cm³/mol. The molecule has 0 aromatic heterocycles. The van der Waals surface area contributed by atoms with Crippen LogP contribution in [0.25, 0.3) is 0 Å². The molecule has 1 aliphatic rings. The van der Waals surface area contributed by atoms with E-state index < -0.39 is 0 Å². The molecule has 1 saturated heterocycles. The molecular weight excluding hydrogens is 262 g/mol. The van der Waals surface area contributed by atoms with Gasteiger partial charge in [0.05, 0.1) is 7.11 Å². The van der Waals surface area contributed by atoms with Crippen LogP contribution in [0.5, 0.6) is 5.75 Å². The van der Waals surface area contributed by atoms with Crippen LogP contribution < -0.4 is 4.74 Å². The van der Waals surface area contributed by atoms with Gasteiger partial charge in [-0.3, -0.25) is 4.79 Å². The average molecular weight is 289 g/mol. The van der Waals surface area contributed by atoms with E-state index in [1.807, 2.05) is 32.9 Å². The minimum absolute atomic E-state index is 0.267. The van der Waals surface area contributed by atoms with Crippen LogP contribution in [-0.4, -0.2) is 31.0 Å². The van der Waals surface area contributed by atoms with E-state index >= 15 is 0 Å². The van der Waals surface area contributed by atoms with Crippen molar-refractivity contribution < 1.29 is 9.53 Å². The van der Waals surface area contributed by atoms with E-state index in [0.29, 0.717) is 5.92 Å². The second kappa shape index (κ2) is 6.50. The molecule has 1 amide bonds. The Bertz CT molecular complexity index is 473. The van der Waals surface area contributed by atoms with Crippen LogP contribution in [-0.2, 0) is 4.79 Å². The number of methoxy groups -OCH3 is 1. The fourth-order valence-electron chi connectivity index (χ4n) is 2.95. The highest BCUT2D eigenvalue weighted by Crippen LogP contribution is 2.30. The van der Waals surface area contributed by atoms with E-state index in [-0.39, 0.29) is 11.3 Å². The number of hydrogen-bond donors (Lipinski definition) is 0. The van der Waals surface area contributed by atoms with Crippen molar-refractivity contribution in [1.29, 1.82) is 0 Å². The van der Waals surface area contributed by atoms with Gasteiger partial charge in [-0.05, 0) is 30.5 Å². The quantitative estimate of drug-likeness (QED) is 0.828.